The van der Waals surface area contributed by atoms with Crippen molar-refractivity contribution >= 4 is 11.9 Å². The van der Waals surface area contributed by atoms with Crippen LogP contribution in [0, 0.1) is 0 Å². The molecule has 3 heterocycles. The third-order valence-corrected chi connectivity index (χ3v) is 5.72. The zero-order valence-electron chi connectivity index (χ0n) is 17.7. The summed E-state index contributed by atoms with van der Waals surface area (Å²) in [5.41, 5.74) is 4.53. The fourth-order valence-electron chi connectivity index (χ4n) is 4.09. The molecule has 6 rings (SSSR count). The lowest BCUT2D eigenvalue weighted by Gasteiger charge is -2.19. The summed E-state index contributed by atoms with van der Waals surface area (Å²) in [6.45, 7) is 1.26. The number of ether oxygens (including phenoxy) is 3. The van der Waals surface area contributed by atoms with Gasteiger partial charge in [0.15, 0.2) is 17.3 Å². The Bertz CT molecular complexity index is 1390. The first kappa shape index (κ1) is 19.4. The van der Waals surface area contributed by atoms with E-state index in [1.807, 2.05) is 83.7 Å². The predicted molar refractivity (Wildman–Crippen MR) is 124 cm³/mol. The Morgan fingerprint density at radius 2 is 1.61 bits per heavy atom. The number of hydrogen-bond acceptors (Lipinski definition) is 5. The number of benzene rings is 3. The summed E-state index contributed by atoms with van der Waals surface area (Å²) in [5.74, 6) is 2.00. The second-order valence-electron chi connectivity index (χ2n) is 7.86. The lowest BCUT2D eigenvalue weighted by Crippen LogP contribution is -2.18. The molecule has 0 fully saturated rings. The minimum absolute atomic E-state index is 0.0302. The molecule has 33 heavy (non-hydrogen) atoms. The van der Waals surface area contributed by atoms with E-state index in [9.17, 15) is 4.79 Å². The van der Waals surface area contributed by atoms with Gasteiger partial charge in [-0.15, -0.1) is 0 Å². The van der Waals surface area contributed by atoms with Crippen LogP contribution in [0.15, 0.2) is 84.6 Å². The molecule has 0 aliphatic carbocycles. The molecule has 4 aromatic rings. The highest BCUT2D eigenvalue weighted by Crippen LogP contribution is 2.36. The first-order valence-electron chi connectivity index (χ1n) is 10.8. The molecule has 2 aliphatic heterocycles. The van der Waals surface area contributed by atoms with E-state index >= 15 is 0 Å². The molecule has 0 bridgehead atoms. The molecule has 6 nitrogen and oxygen atoms in total. The van der Waals surface area contributed by atoms with Crippen molar-refractivity contribution in [2.75, 3.05) is 19.8 Å². The molecular formula is C27H20N2O4. The normalized spacial score (nSPS) is 15.8. The van der Waals surface area contributed by atoms with Gasteiger partial charge >= 0.3 is 0 Å². The van der Waals surface area contributed by atoms with Crippen molar-refractivity contribution < 1.29 is 19.0 Å². The van der Waals surface area contributed by atoms with E-state index in [1.165, 1.54) is 0 Å². The summed E-state index contributed by atoms with van der Waals surface area (Å²) in [5, 5.41) is 4.86. The molecule has 0 atom stereocenters. The van der Waals surface area contributed by atoms with Gasteiger partial charge in [0.25, 0.3) is 0 Å². The standard InChI is InChI=1S/C27H20N2O4/c30-27-20(17-33-23-9-5-4-8-22(23)27)14-19-16-29(21-6-2-1-3-7-21)28-26(19)18-10-11-24-25(15-18)32-13-12-31-24/h1-11,14-16H,12-13,17H2. The van der Waals surface area contributed by atoms with Crippen LogP contribution >= 0.6 is 0 Å². The Balaban J connectivity index is 1.47. The van der Waals surface area contributed by atoms with Gasteiger partial charge in [-0.2, -0.15) is 5.10 Å². The summed E-state index contributed by atoms with van der Waals surface area (Å²) >= 11 is 0. The Kier molecular flexibility index (Phi) is 4.69. The fraction of sp³-hybridized carbons (Fsp3) is 0.111. The second-order valence-corrected chi connectivity index (χ2v) is 7.86. The van der Waals surface area contributed by atoms with Gasteiger partial charge in [0.2, 0.25) is 0 Å². The molecule has 0 unspecified atom stereocenters. The molecule has 0 saturated heterocycles. The maximum absolute atomic E-state index is 13.1. The van der Waals surface area contributed by atoms with Crippen LogP contribution in [0.3, 0.4) is 0 Å². The largest absolute Gasteiger partial charge is 0.488 e. The number of nitrogens with zero attached hydrogens (tertiary/aromatic N) is 2. The molecule has 3 aromatic carbocycles. The summed E-state index contributed by atoms with van der Waals surface area (Å²) in [6, 6.07) is 23.0. The number of rotatable bonds is 3. The van der Waals surface area contributed by atoms with E-state index in [0.29, 0.717) is 35.8 Å². The number of aromatic nitrogens is 2. The van der Waals surface area contributed by atoms with Gasteiger partial charge in [-0.25, -0.2) is 4.68 Å². The van der Waals surface area contributed by atoms with Crippen LogP contribution in [-0.4, -0.2) is 35.4 Å². The minimum atomic E-state index is -0.0302. The van der Waals surface area contributed by atoms with Crippen LogP contribution in [0.2, 0.25) is 0 Å². The summed E-state index contributed by atoms with van der Waals surface area (Å²) in [7, 11) is 0. The second kappa shape index (κ2) is 7.98. The first-order valence-corrected chi connectivity index (χ1v) is 10.8. The summed E-state index contributed by atoms with van der Waals surface area (Å²) < 4.78 is 19.1. The van der Waals surface area contributed by atoms with Gasteiger partial charge < -0.3 is 14.2 Å². The van der Waals surface area contributed by atoms with E-state index in [2.05, 4.69) is 0 Å². The summed E-state index contributed by atoms with van der Waals surface area (Å²) in [4.78, 5) is 13.1. The van der Waals surface area contributed by atoms with E-state index in [-0.39, 0.29) is 12.4 Å². The van der Waals surface area contributed by atoms with Gasteiger partial charge in [0, 0.05) is 22.9 Å². The minimum Gasteiger partial charge on any atom is -0.488 e. The SMILES string of the molecule is O=C1C(=Cc2cn(-c3ccccc3)nc2-c2ccc3c(c2)OCCO3)COc2ccccc21. The van der Waals surface area contributed by atoms with Gasteiger partial charge in [0.1, 0.15) is 31.3 Å². The third kappa shape index (κ3) is 3.55. The van der Waals surface area contributed by atoms with Gasteiger partial charge in [-0.1, -0.05) is 30.3 Å². The maximum atomic E-state index is 13.1. The molecule has 0 saturated carbocycles. The van der Waals surface area contributed by atoms with Crippen molar-refractivity contribution in [3.8, 4) is 34.2 Å². The highest BCUT2D eigenvalue weighted by Gasteiger charge is 2.24. The van der Waals surface area contributed by atoms with E-state index in [0.717, 1.165) is 28.3 Å². The van der Waals surface area contributed by atoms with Crippen LogP contribution < -0.4 is 14.2 Å². The Morgan fingerprint density at radius 1 is 0.818 bits per heavy atom. The molecule has 0 amide bonds. The smallest absolute Gasteiger partial charge is 0.196 e. The lowest BCUT2D eigenvalue weighted by atomic mass is 9.97. The Labute approximate surface area is 190 Å². The van der Waals surface area contributed by atoms with Gasteiger partial charge in [0.05, 0.1) is 11.3 Å². The number of Topliss-reactive ketones (excluding diaryl/α,β-unsaturated/α-hetero) is 1. The zero-order valence-corrected chi connectivity index (χ0v) is 17.7. The maximum Gasteiger partial charge on any atom is 0.196 e. The quantitative estimate of drug-likeness (QED) is 0.425. The van der Waals surface area contributed by atoms with Crippen LogP contribution in [0.25, 0.3) is 23.0 Å². The number of hydrogen-bond donors (Lipinski definition) is 0. The van der Waals surface area contributed by atoms with Crippen LogP contribution in [-0.2, 0) is 0 Å². The van der Waals surface area contributed by atoms with Crippen molar-refractivity contribution in [2.24, 2.45) is 0 Å². The van der Waals surface area contributed by atoms with Crippen molar-refractivity contribution in [2.45, 2.75) is 0 Å². The van der Waals surface area contributed by atoms with Crippen molar-refractivity contribution in [1.82, 2.24) is 9.78 Å². The molecule has 1 aromatic heterocycles. The molecule has 2 aliphatic rings. The van der Waals surface area contributed by atoms with Crippen LogP contribution in [0.5, 0.6) is 17.2 Å². The lowest BCUT2D eigenvalue weighted by molar-refractivity contribution is 0.100. The number of para-hydroxylation sites is 2. The zero-order chi connectivity index (χ0) is 22.2. The number of carbonyl (C=O) groups is 1. The number of ketones is 1. The van der Waals surface area contributed by atoms with Crippen LogP contribution in [0.1, 0.15) is 15.9 Å². The van der Waals surface area contributed by atoms with Gasteiger partial charge in [-0.05, 0) is 48.5 Å². The average molecular weight is 436 g/mol. The first-order chi connectivity index (χ1) is 16.3. The number of carbonyl (C=O) groups excluding carboxylic acids is 1. The van der Waals surface area contributed by atoms with Gasteiger partial charge in [-0.3, -0.25) is 4.79 Å². The van der Waals surface area contributed by atoms with Crippen molar-refractivity contribution in [3.63, 3.8) is 0 Å². The topological polar surface area (TPSA) is 62.6 Å². The third-order valence-electron chi connectivity index (χ3n) is 5.72. The molecule has 0 spiro atoms. The average Bonchev–Trinajstić information content (AvgIpc) is 3.30. The van der Waals surface area contributed by atoms with E-state index in [1.54, 1.807) is 6.07 Å². The molecule has 0 N–H and O–H groups in total. The monoisotopic (exact) mass is 436 g/mol. The van der Waals surface area contributed by atoms with E-state index in [4.69, 9.17) is 19.3 Å². The van der Waals surface area contributed by atoms with E-state index < -0.39 is 0 Å². The number of fused-ring (bicyclic) bond motifs is 2. The molecule has 162 valence electrons. The molecular weight excluding hydrogens is 416 g/mol. The Morgan fingerprint density at radius 3 is 2.48 bits per heavy atom. The van der Waals surface area contributed by atoms with Crippen LogP contribution in [0.4, 0.5) is 0 Å². The highest BCUT2D eigenvalue weighted by atomic mass is 16.6. The molecule has 0 radical (unpaired) electrons. The highest BCUT2D eigenvalue weighted by molar-refractivity contribution is 6.14. The van der Waals surface area contributed by atoms with Crippen molar-refractivity contribution in [3.05, 3.63) is 95.7 Å². The summed E-state index contributed by atoms with van der Waals surface area (Å²) in [6.07, 6.45) is 3.80. The predicted octanol–water partition coefficient (Wildman–Crippen LogP) is 4.97. The fourth-order valence-corrected chi connectivity index (χ4v) is 4.09. The molecule has 6 heteroatoms. The Hall–Kier alpha value is -4.32. The van der Waals surface area contributed by atoms with Crippen molar-refractivity contribution in [1.29, 1.82) is 0 Å².